The van der Waals surface area contributed by atoms with Crippen LogP contribution in [0, 0.1) is 0 Å². The first kappa shape index (κ1) is 41.5. The number of amides is 1. The van der Waals surface area contributed by atoms with E-state index in [1.807, 2.05) is 102 Å². The van der Waals surface area contributed by atoms with Crippen molar-refractivity contribution in [2.24, 2.45) is 5.73 Å². The topological polar surface area (TPSA) is 184 Å². The number of ether oxygens (including phenoxy) is 4. The summed E-state index contributed by atoms with van der Waals surface area (Å²) in [5.41, 5.74) is 9.35. The van der Waals surface area contributed by atoms with Crippen LogP contribution >= 0.6 is 0 Å². The van der Waals surface area contributed by atoms with E-state index in [4.69, 9.17) is 29.8 Å². The van der Waals surface area contributed by atoms with Crippen molar-refractivity contribution in [3.63, 3.8) is 0 Å². The number of unbranched alkanes of at least 4 members (excludes halogenated alkanes) is 1. The molecule has 296 valence electrons. The molecule has 0 atom stereocenters. The summed E-state index contributed by atoms with van der Waals surface area (Å²) < 4.78 is 50.3. The zero-order valence-corrected chi connectivity index (χ0v) is 31.8. The number of anilines is 1. The number of hydrogen-bond acceptors (Lipinski definition) is 10. The van der Waals surface area contributed by atoms with Crippen molar-refractivity contribution in [3.8, 4) is 17.2 Å². The van der Waals surface area contributed by atoms with Gasteiger partial charge in [0.2, 0.25) is 0 Å². The van der Waals surface area contributed by atoms with E-state index >= 15 is 0 Å². The number of carbonyl (C=O) groups is 3. The van der Waals surface area contributed by atoms with E-state index in [-0.39, 0.29) is 31.2 Å². The number of carboxylic acid groups (broad SMARTS) is 1. The summed E-state index contributed by atoms with van der Waals surface area (Å²) in [4.78, 5) is 35.2. The smallest absolute Gasteiger partial charge is 0.346 e. The Morgan fingerprint density at radius 2 is 1.28 bits per heavy atom. The van der Waals surface area contributed by atoms with E-state index in [1.54, 1.807) is 18.2 Å². The SMILES string of the molecule is NCCCCOc1cccc(OCc2ccccc2)c1C(=O)OCc1ccccc1.O=C(O)/C=C/c1ccc(N2CC(=O)NS2(=O)=O)c(OCc2ccccc2)c1. The molecule has 0 saturated carbocycles. The van der Waals surface area contributed by atoms with Gasteiger partial charge in [0.15, 0.2) is 0 Å². The Morgan fingerprint density at radius 1 is 0.719 bits per heavy atom. The monoisotopic (exact) mass is 793 g/mol. The molecule has 0 spiro atoms. The van der Waals surface area contributed by atoms with Gasteiger partial charge in [0.25, 0.3) is 5.91 Å². The van der Waals surface area contributed by atoms with Crippen molar-refractivity contribution in [2.45, 2.75) is 32.7 Å². The van der Waals surface area contributed by atoms with Crippen LogP contribution in [0.15, 0.2) is 133 Å². The van der Waals surface area contributed by atoms with Crippen molar-refractivity contribution in [2.75, 3.05) is 24.0 Å². The highest BCUT2D eigenvalue weighted by Gasteiger charge is 2.35. The van der Waals surface area contributed by atoms with Crippen LogP contribution in [-0.4, -0.2) is 51.1 Å². The molecule has 1 fully saturated rings. The lowest BCUT2D eigenvalue weighted by Crippen LogP contribution is -2.29. The molecular formula is C43H43N3O10S. The number of esters is 1. The van der Waals surface area contributed by atoms with Crippen molar-refractivity contribution in [1.82, 2.24) is 4.72 Å². The molecule has 5 aromatic rings. The van der Waals surface area contributed by atoms with Gasteiger partial charge in [-0.2, -0.15) is 8.42 Å². The molecule has 0 aromatic heterocycles. The lowest BCUT2D eigenvalue weighted by molar-refractivity contribution is -0.131. The van der Waals surface area contributed by atoms with Crippen LogP contribution in [0.4, 0.5) is 5.69 Å². The lowest BCUT2D eigenvalue weighted by Gasteiger charge is -2.19. The molecule has 57 heavy (non-hydrogen) atoms. The highest BCUT2D eigenvalue weighted by molar-refractivity contribution is 7.92. The fourth-order valence-corrected chi connectivity index (χ4v) is 6.59. The zero-order valence-electron chi connectivity index (χ0n) is 31.0. The predicted octanol–water partition coefficient (Wildman–Crippen LogP) is 6.28. The number of nitrogens with one attached hydrogen (secondary N) is 1. The van der Waals surface area contributed by atoms with Gasteiger partial charge in [0.1, 0.15) is 49.2 Å². The number of aliphatic carboxylic acids is 1. The minimum atomic E-state index is -3.99. The van der Waals surface area contributed by atoms with Crippen LogP contribution in [0.1, 0.15) is 45.5 Å². The third-order valence-electron chi connectivity index (χ3n) is 8.23. The second-order valence-corrected chi connectivity index (χ2v) is 14.1. The van der Waals surface area contributed by atoms with Crippen LogP contribution in [0.5, 0.6) is 17.2 Å². The largest absolute Gasteiger partial charge is 0.493 e. The van der Waals surface area contributed by atoms with Crippen LogP contribution in [0.2, 0.25) is 0 Å². The van der Waals surface area contributed by atoms with E-state index in [1.165, 1.54) is 18.2 Å². The summed E-state index contributed by atoms with van der Waals surface area (Å²) in [5.74, 6) is -1.12. The first-order valence-corrected chi connectivity index (χ1v) is 19.5. The molecule has 1 aliphatic heterocycles. The Balaban J connectivity index is 0.000000219. The van der Waals surface area contributed by atoms with Gasteiger partial charge in [0.05, 0.1) is 12.3 Å². The van der Waals surface area contributed by atoms with Gasteiger partial charge in [-0.25, -0.2) is 18.6 Å². The maximum atomic E-state index is 13.0. The average Bonchev–Trinajstić information content (AvgIpc) is 3.51. The van der Waals surface area contributed by atoms with Gasteiger partial charge in [-0.05, 0) is 72.0 Å². The molecular weight excluding hydrogens is 751 g/mol. The third kappa shape index (κ3) is 12.7. The summed E-state index contributed by atoms with van der Waals surface area (Å²) in [6, 6.07) is 38.5. The lowest BCUT2D eigenvalue weighted by atomic mass is 10.1. The van der Waals surface area contributed by atoms with Crippen LogP contribution < -0.4 is 29.0 Å². The fourth-order valence-electron chi connectivity index (χ4n) is 5.43. The summed E-state index contributed by atoms with van der Waals surface area (Å²) in [6.45, 7) is 1.42. The van der Waals surface area contributed by atoms with E-state index in [9.17, 15) is 22.8 Å². The minimum Gasteiger partial charge on any atom is -0.493 e. The van der Waals surface area contributed by atoms with Crippen molar-refractivity contribution in [3.05, 3.63) is 161 Å². The molecule has 14 heteroatoms. The van der Waals surface area contributed by atoms with Crippen LogP contribution in [-0.2, 0) is 44.4 Å². The molecule has 0 radical (unpaired) electrons. The van der Waals surface area contributed by atoms with Gasteiger partial charge < -0.3 is 29.8 Å². The van der Waals surface area contributed by atoms with Gasteiger partial charge in [-0.1, -0.05) is 103 Å². The number of nitrogens with two attached hydrogens (primary N) is 1. The van der Waals surface area contributed by atoms with Crippen LogP contribution in [0.3, 0.4) is 0 Å². The fraction of sp³-hybridized carbons (Fsp3) is 0.186. The standard InChI is InChI=1S/C25H27NO4.C18H16N2O6S/c26-16-7-8-17-28-22-14-9-15-23(29-18-20-10-3-1-4-11-20)24(22)25(27)30-19-21-12-5-2-6-13-21;21-17-11-20(27(24,25)19-17)15-8-6-13(7-9-18(22)23)10-16(15)26-12-14-4-2-1-3-5-14/h1-6,9-15H,7-8,16-19,26H2;1-10H,11-12H2,(H,19,21)(H,22,23)/b;9-7+. The van der Waals surface area contributed by atoms with Crippen molar-refractivity contribution < 1.29 is 46.9 Å². The van der Waals surface area contributed by atoms with Gasteiger partial charge in [0, 0.05) is 6.08 Å². The highest BCUT2D eigenvalue weighted by Crippen LogP contribution is 2.34. The molecule has 1 saturated heterocycles. The number of carbonyl (C=O) groups excluding carboxylic acids is 2. The van der Waals surface area contributed by atoms with E-state index in [0.29, 0.717) is 42.4 Å². The second kappa shape index (κ2) is 20.9. The van der Waals surface area contributed by atoms with E-state index in [2.05, 4.69) is 0 Å². The molecule has 0 unspecified atom stereocenters. The quantitative estimate of drug-likeness (QED) is 0.0547. The Morgan fingerprint density at radius 3 is 1.82 bits per heavy atom. The Bertz CT molecular complexity index is 2240. The maximum Gasteiger partial charge on any atom is 0.346 e. The van der Waals surface area contributed by atoms with Gasteiger partial charge >= 0.3 is 22.1 Å². The second-order valence-electron chi connectivity index (χ2n) is 12.5. The summed E-state index contributed by atoms with van der Waals surface area (Å²) in [5, 5.41) is 8.77. The van der Waals surface area contributed by atoms with Gasteiger partial charge in [-0.3, -0.25) is 4.79 Å². The molecule has 1 aliphatic rings. The summed E-state index contributed by atoms with van der Waals surface area (Å²) in [6.07, 6.45) is 4.00. The molecule has 4 N–H and O–H groups in total. The molecule has 13 nitrogen and oxygen atoms in total. The number of hydrogen-bond donors (Lipinski definition) is 3. The normalized spacial score (nSPS) is 12.9. The maximum absolute atomic E-state index is 13.0. The molecule has 0 aliphatic carbocycles. The van der Waals surface area contributed by atoms with E-state index in [0.717, 1.165) is 39.9 Å². The zero-order chi connectivity index (χ0) is 40.5. The molecule has 0 bridgehead atoms. The number of rotatable bonds is 17. The van der Waals surface area contributed by atoms with Crippen LogP contribution in [0.25, 0.3) is 6.08 Å². The minimum absolute atomic E-state index is 0.176. The number of nitrogens with zero attached hydrogens (tertiary/aromatic N) is 1. The Hall–Kier alpha value is -6.64. The average molecular weight is 794 g/mol. The molecule has 1 heterocycles. The number of carboxylic acids is 1. The van der Waals surface area contributed by atoms with E-state index < -0.39 is 28.1 Å². The Kier molecular flexibility index (Phi) is 15.2. The number of benzene rings is 5. The highest BCUT2D eigenvalue weighted by atomic mass is 32.2. The summed E-state index contributed by atoms with van der Waals surface area (Å²) in [7, 11) is -3.99. The summed E-state index contributed by atoms with van der Waals surface area (Å²) >= 11 is 0. The Labute approximate surface area is 331 Å². The molecule has 6 rings (SSSR count). The molecule has 1 amide bonds. The van der Waals surface area contributed by atoms with Crippen molar-refractivity contribution in [1.29, 1.82) is 0 Å². The third-order valence-corrected chi connectivity index (χ3v) is 9.62. The van der Waals surface area contributed by atoms with Crippen molar-refractivity contribution >= 4 is 39.8 Å². The first-order valence-electron chi connectivity index (χ1n) is 18.0. The first-order chi connectivity index (χ1) is 27.6. The predicted molar refractivity (Wildman–Crippen MR) is 215 cm³/mol. The van der Waals surface area contributed by atoms with Gasteiger partial charge in [-0.15, -0.1) is 0 Å². The molecule has 5 aromatic carbocycles.